The van der Waals surface area contributed by atoms with E-state index in [0.717, 1.165) is 24.2 Å². The monoisotopic (exact) mass is 393 g/mol. The highest BCUT2D eigenvalue weighted by Gasteiger charge is 2.28. The molecule has 0 saturated carbocycles. The summed E-state index contributed by atoms with van der Waals surface area (Å²) >= 11 is 0. The molecule has 2 aromatic heterocycles. The number of rotatable bonds is 6. The van der Waals surface area contributed by atoms with Crippen LogP contribution in [0.25, 0.3) is 11.2 Å². The highest BCUT2D eigenvalue weighted by molar-refractivity contribution is 5.77. The fraction of sp³-hybridized carbons (Fsp3) is 0.409. The van der Waals surface area contributed by atoms with Crippen molar-refractivity contribution >= 4 is 22.8 Å². The maximum atomic E-state index is 13.1. The lowest BCUT2D eigenvalue weighted by Gasteiger charge is -2.16. The molecule has 0 spiro atoms. The summed E-state index contributed by atoms with van der Waals surface area (Å²) in [6, 6.07) is 8.54. The Hall–Kier alpha value is -3.09. The highest BCUT2D eigenvalue weighted by atomic mass is 16.2. The Morgan fingerprint density at radius 1 is 1.17 bits per heavy atom. The van der Waals surface area contributed by atoms with Crippen molar-refractivity contribution in [1.29, 1.82) is 0 Å². The molecule has 0 radical (unpaired) electrons. The molecular formula is C22H27N5O2. The lowest BCUT2D eigenvalue weighted by atomic mass is 10.1. The van der Waals surface area contributed by atoms with Gasteiger partial charge in [-0.25, -0.2) is 4.79 Å². The number of fused-ring (bicyclic) bond motifs is 3. The molecule has 0 fully saturated rings. The first-order valence-electron chi connectivity index (χ1n) is 10.1. The normalized spacial score (nSPS) is 13.3. The van der Waals surface area contributed by atoms with Crippen LogP contribution in [-0.2, 0) is 26.6 Å². The van der Waals surface area contributed by atoms with E-state index in [0.29, 0.717) is 23.7 Å². The third-order valence-electron chi connectivity index (χ3n) is 5.50. The molecule has 29 heavy (non-hydrogen) atoms. The minimum absolute atomic E-state index is 0.213. The molecule has 7 heteroatoms. The van der Waals surface area contributed by atoms with Crippen LogP contribution in [0.3, 0.4) is 0 Å². The van der Waals surface area contributed by atoms with Gasteiger partial charge < -0.3 is 9.47 Å². The van der Waals surface area contributed by atoms with E-state index in [1.165, 1.54) is 27.5 Å². The fourth-order valence-corrected chi connectivity index (χ4v) is 3.96. The van der Waals surface area contributed by atoms with E-state index in [1.807, 2.05) is 11.5 Å². The topological polar surface area (TPSA) is 65.1 Å². The molecule has 0 aliphatic carbocycles. The molecule has 0 N–H and O–H groups in total. The molecule has 0 bridgehead atoms. The zero-order valence-electron chi connectivity index (χ0n) is 17.3. The van der Waals surface area contributed by atoms with Gasteiger partial charge in [0.25, 0.3) is 5.56 Å². The van der Waals surface area contributed by atoms with Gasteiger partial charge in [-0.3, -0.25) is 13.9 Å². The molecule has 0 amide bonds. The molecule has 1 aliphatic rings. The van der Waals surface area contributed by atoms with Gasteiger partial charge >= 0.3 is 5.69 Å². The fourth-order valence-electron chi connectivity index (χ4n) is 3.96. The van der Waals surface area contributed by atoms with Crippen LogP contribution in [0, 0.1) is 0 Å². The van der Waals surface area contributed by atoms with Gasteiger partial charge in [-0.1, -0.05) is 37.6 Å². The predicted molar refractivity (Wildman–Crippen MR) is 116 cm³/mol. The average Bonchev–Trinajstić information content (AvgIpc) is 3.27. The van der Waals surface area contributed by atoms with Crippen LogP contribution >= 0.6 is 0 Å². The van der Waals surface area contributed by atoms with Crippen molar-refractivity contribution in [1.82, 2.24) is 18.7 Å². The van der Waals surface area contributed by atoms with Crippen LogP contribution in [0.1, 0.15) is 32.3 Å². The molecule has 7 nitrogen and oxygen atoms in total. The van der Waals surface area contributed by atoms with Crippen molar-refractivity contribution in [2.24, 2.45) is 7.05 Å². The number of aryl methyl sites for hydroxylation is 2. The minimum Gasteiger partial charge on any atom is -0.310 e. The molecule has 1 aliphatic heterocycles. The first kappa shape index (κ1) is 19.2. The summed E-state index contributed by atoms with van der Waals surface area (Å²) in [5.41, 5.74) is 3.37. The summed E-state index contributed by atoms with van der Waals surface area (Å²) < 4.78 is 4.62. The number of unbranched alkanes of at least 4 members (excludes halogenated alkanes) is 1. The number of allylic oxidation sites excluding steroid dienone is 1. The second-order valence-corrected chi connectivity index (χ2v) is 7.85. The summed E-state index contributed by atoms with van der Waals surface area (Å²) in [6.07, 6.45) is 3.45. The number of hydrogen-bond acceptors (Lipinski definition) is 4. The molecule has 152 valence electrons. The van der Waals surface area contributed by atoms with Gasteiger partial charge in [-0.2, -0.15) is 4.98 Å². The Morgan fingerprint density at radius 2 is 1.90 bits per heavy atom. The van der Waals surface area contributed by atoms with Gasteiger partial charge in [-0.05, 0) is 37.5 Å². The maximum absolute atomic E-state index is 13.1. The zero-order valence-corrected chi connectivity index (χ0v) is 17.3. The van der Waals surface area contributed by atoms with Crippen molar-refractivity contribution in [2.75, 3.05) is 11.4 Å². The molecular weight excluding hydrogens is 366 g/mol. The number of nitrogens with zero attached hydrogens (tertiary/aromatic N) is 5. The summed E-state index contributed by atoms with van der Waals surface area (Å²) in [5.74, 6) is 0.710. The molecule has 0 atom stereocenters. The first-order chi connectivity index (χ1) is 13.9. The molecule has 4 rings (SSSR count). The lowest BCUT2D eigenvalue weighted by Crippen LogP contribution is -2.39. The Morgan fingerprint density at radius 3 is 2.55 bits per heavy atom. The second-order valence-electron chi connectivity index (χ2n) is 7.85. The molecule has 0 saturated heterocycles. The van der Waals surface area contributed by atoms with Crippen LogP contribution < -0.4 is 16.1 Å². The summed E-state index contributed by atoms with van der Waals surface area (Å²) in [4.78, 5) is 32.5. The Bertz CT molecular complexity index is 1200. The van der Waals surface area contributed by atoms with Crippen molar-refractivity contribution in [3.05, 3.63) is 62.8 Å². The van der Waals surface area contributed by atoms with E-state index < -0.39 is 0 Å². The Balaban J connectivity index is 1.79. The lowest BCUT2D eigenvalue weighted by molar-refractivity contribution is 0.647. The molecule has 3 aromatic rings. The smallest absolute Gasteiger partial charge is 0.310 e. The standard InChI is InChI=1S/C22H27N5O2/c1-5-6-7-16-8-10-17(11-9-16)25-12-13-26-18-19(23-21(25)26)24(4)22(29)27(20(18)28)14-15(2)3/h8-11H,2,5-7,12-14H2,1,3-4H3. The number of imidazole rings is 1. The van der Waals surface area contributed by atoms with E-state index >= 15 is 0 Å². The highest BCUT2D eigenvalue weighted by Crippen LogP contribution is 2.31. The third-order valence-corrected chi connectivity index (χ3v) is 5.50. The van der Waals surface area contributed by atoms with Crippen LogP contribution in [0.4, 0.5) is 11.6 Å². The van der Waals surface area contributed by atoms with Crippen molar-refractivity contribution in [3.8, 4) is 0 Å². The maximum Gasteiger partial charge on any atom is 0.332 e. The van der Waals surface area contributed by atoms with E-state index in [-0.39, 0.29) is 17.8 Å². The average molecular weight is 393 g/mol. The van der Waals surface area contributed by atoms with Gasteiger partial charge in [-0.15, -0.1) is 0 Å². The minimum atomic E-state index is -0.367. The number of benzene rings is 1. The van der Waals surface area contributed by atoms with E-state index in [1.54, 1.807) is 7.05 Å². The summed E-state index contributed by atoms with van der Waals surface area (Å²) in [5, 5.41) is 0. The molecule has 1 aromatic carbocycles. The third kappa shape index (κ3) is 3.20. The van der Waals surface area contributed by atoms with Crippen LogP contribution in [0.15, 0.2) is 46.0 Å². The SMILES string of the molecule is C=C(C)Cn1c(=O)c2c(nc3n2CCN3c2ccc(CCCC)cc2)n(C)c1=O. The second kappa shape index (κ2) is 7.39. The van der Waals surface area contributed by atoms with Crippen molar-refractivity contribution < 1.29 is 0 Å². The van der Waals surface area contributed by atoms with E-state index in [4.69, 9.17) is 0 Å². The van der Waals surface area contributed by atoms with Gasteiger partial charge in [0.2, 0.25) is 5.95 Å². The summed E-state index contributed by atoms with van der Waals surface area (Å²) in [6.45, 7) is 9.46. The summed E-state index contributed by atoms with van der Waals surface area (Å²) in [7, 11) is 1.66. The van der Waals surface area contributed by atoms with Crippen LogP contribution in [-0.4, -0.2) is 25.2 Å². The number of hydrogen-bond donors (Lipinski definition) is 0. The quantitative estimate of drug-likeness (QED) is 0.604. The number of anilines is 2. The van der Waals surface area contributed by atoms with E-state index in [9.17, 15) is 9.59 Å². The Kier molecular flexibility index (Phi) is 4.90. The molecule has 0 unspecified atom stereocenters. The predicted octanol–water partition coefficient (Wildman–Crippen LogP) is 2.97. The van der Waals surface area contributed by atoms with Crippen LogP contribution in [0.5, 0.6) is 0 Å². The zero-order chi connectivity index (χ0) is 20.7. The van der Waals surface area contributed by atoms with Crippen molar-refractivity contribution in [2.45, 2.75) is 46.2 Å². The van der Waals surface area contributed by atoms with Gasteiger partial charge in [0, 0.05) is 25.8 Å². The largest absolute Gasteiger partial charge is 0.332 e. The van der Waals surface area contributed by atoms with Gasteiger partial charge in [0.15, 0.2) is 11.2 Å². The van der Waals surface area contributed by atoms with Crippen molar-refractivity contribution in [3.63, 3.8) is 0 Å². The molecule has 3 heterocycles. The first-order valence-corrected chi connectivity index (χ1v) is 10.1. The van der Waals surface area contributed by atoms with Gasteiger partial charge in [0.05, 0.1) is 6.54 Å². The van der Waals surface area contributed by atoms with Gasteiger partial charge in [0.1, 0.15) is 0 Å². The number of aromatic nitrogens is 4. The van der Waals surface area contributed by atoms with Crippen LogP contribution in [0.2, 0.25) is 0 Å². The Labute approximate surface area is 169 Å². The van der Waals surface area contributed by atoms with E-state index in [2.05, 4.69) is 47.7 Å².